The Labute approximate surface area is 233 Å². The molecule has 6 aromatic carbocycles. The summed E-state index contributed by atoms with van der Waals surface area (Å²) in [7, 11) is 0. The second-order valence-electron chi connectivity index (χ2n) is 10.5. The summed E-state index contributed by atoms with van der Waals surface area (Å²) in [6.45, 7) is 0. The molecule has 9 aromatic rings. The van der Waals surface area contributed by atoms with Gasteiger partial charge in [0.05, 0.1) is 27.5 Å². The molecule has 0 saturated heterocycles. The van der Waals surface area contributed by atoms with Crippen LogP contribution in [0, 0.1) is 0 Å². The van der Waals surface area contributed by atoms with Crippen molar-refractivity contribution in [1.82, 2.24) is 9.13 Å². The first kappa shape index (κ1) is 22.2. The summed E-state index contributed by atoms with van der Waals surface area (Å²) < 4.78 is 10.7. The molecule has 0 bridgehead atoms. The highest BCUT2D eigenvalue weighted by Crippen LogP contribution is 2.40. The van der Waals surface area contributed by atoms with Crippen molar-refractivity contribution in [2.24, 2.45) is 0 Å². The van der Waals surface area contributed by atoms with Crippen molar-refractivity contribution < 1.29 is 4.42 Å². The van der Waals surface area contributed by atoms with Crippen LogP contribution in [-0.4, -0.2) is 9.13 Å². The molecule has 41 heavy (non-hydrogen) atoms. The lowest BCUT2D eigenvalue weighted by atomic mass is 10.0. The first-order valence-electron chi connectivity index (χ1n) is 13.7. The third-order valence-electron chi connectivity index (χ3n) is 8.34. The summed E-state index contributed by atoms with van der Waals surface area (Å²) >= 11 is 0. The number of para-hydroxylation sites is 4. The molecule has 0 radical (unpaired) electrons. The zero-order valence-corrected chi connectivity index (χ0v) is 21.9. The quantitative estimate of drug-likeness (QED) is 0.166. The molecule has 4 nitrogen and oxygen atoms in total. The zero-order chi connectivity index (χ0) is 27.1. The van der Waals surface area contributed by atoms with E-state index in [1.807, 2.05) is 48.5 Å². The van der Waals surface area contributed by atoms with Crippen LogP contribution in [0.1, 0.15) is 0 Å². The first-order chi connectivity index (χ1) is 20.3. The average Bonchev–Trinajstić information content (AvgIpc) is 3.54. The van der Waals surface area contributed by atoms with Crippen LogP contribution in [0.25, 0.3) is 76.7 Å². The van der Waals surface area contributed by atoms with Gasteiger partial charge in [-0.05, 0) is 54.6 Å². The van der Waals surface area contributed by atoms with Crippen LogP contribution in [0.5, 0.6) is 0 Å². The van der Waals surface area contributed by atoms with Crippen LogP contribution in [0.2, 0.25) is 0 Å². The number of rotatable bonds is 2. The van der Waals surface area contributed by atoms with Gasteiger partial charge in [0.2, 0.25) is 0 Å². The molecule has 3 heterocycles. The van der Waals surface area contributed by atoms with Gasteiger partial charge in [-0.1, -0.05) is 78.9 Å². The topological polar surface area (TPSA) is 40.1 Å². The van der Waals surface area contributed by atoms with Crippen LogP contribution in [0.15, 0.2) is 143 Å². The summed E-state index contributed by atoms with van der Waals surface area (Å²) in [6.07, 6.45) is 0. The lowest BCUT2D eigenvalue weighted by Crippen LogP contribution is -2.02. The number of aromatic nitrogens is 2. The Morgan fingerprint density at radius 3 is 1.68 bits per heavy atom. The lowest BCUT2D eigenvalue weighted by molar-refractivity contribution is 0.572. The maximum Gasteiger partial charge on any atom is 0.344 e. The van der Waals surface area contributed by atoms with Crippen molar-refractivity contribution in [2.75, 3.05) is 0 Å². The minimum atomic E-state index is -0.336. The highest BCUT2D eigenvalue weighted by Gasteiger charge is 2.20. The van der Waals surface area contributed by atoms with E-state index in [9.17, 15) is 4.79 Å². The van der Waals surface area contributed by atoms with Crippen molar-refractivity contribution in [3.05, 3.63) is 144 Å². The summed E-state index contributed by atoms with van der Waals surface area (Å²) in [4.78, 5) is 13.8. The molecule has 9 rings (SSSR count). The van der Waals surface area contributed by atoms with Crippen molar-refractivity contribution in [1.29, 1.82) is 0 Å². The number of benzene rings is 6. The molecule has 4 heteroatoms. The van der Waals surface area contributed by atoms with Crippen LogP contribution in [0.3, 0.4) is 0 Å². The normalized spacial score (nSPS) is 12.0. The Kier molecular flexibility index (Phi) is 4.44. The van der Waals surface area contributed by atoms with Gasteiger partial charge in [-0.15, -0.1) is 0 Å². The van der Waals surface area contributed by atoms with E-state index in [2.05, 4.69) is 94.1 Å². The molecule has 192 valence electrons. The van der Waals surface area contributed by atoms with Crippen molar-refractivity contribution in [3.63, 3.8) is 0 Å². The molecule has 0 atom stereocenters. The predicted octanol–water partition coefficient (Wildman–Crippen LogP) is 9.14. The van der Waals surface area contributed by atoms with Gasteiger partial charge in [0.1, 0.15) is 0 Å². The molecule has 0 aliphatic heterocycles. The number of nitrogens with zero attached hydrogens (tertiary/aromatic N) is 2. The van der Waals surface area contributed by atoms with E-state index >= 15 is 0 Å². The third-order valence-corrected chi connectivity index (χ3v) is 8.34. The highest BCUT2D eigenvalue weighted by molar-refractivity contribution is 6.23. The van der Waals surface area contributed by atoms with Gasteiger partial charge in [-0.2, -0.15) is 0 Å². The maximum atomic E-state index is 13.8. The standard InChI is InChI=1S/C37H22N2O2/c40-37-31-22-34-30(26-16-8-9-17-32(26)38(34)23-11-3-1-4-12-23)21-29(31)28-20-19-27-25-15-7-10-18-33(25)39(35(27)36(28)41-37)24-13-5-2-6-14-24/h1-22H. The van der Waals surface area contributed by atoms with E-state index < -0.39 is 0 Å². The molecular formula is C37H22N2O2. The Bertz CT molecular complexity index is 2540. The molecule has 0 amide bonds. The summed E-state index contributed by atoms with van der Waals surface area (Å²) in [5, 5.41) is 6.82. The Balaban J connectivity index is 1.47. The van der Waals surface area contributed by atoms with E-state index in [1.54, 1.807) is 0 Å². The number of hydrogen-bond acceptors (Lipinski definition) is 2. The van der Waals surface area contributed by atoms with Crippen LogP contribution in [0.4, 0.5) is 0 Å². The van der Waals surface area contributed by atoms with Gasteiger partial charge in [0.15, 0.2) is 5.58 Å². The number of fused-ring (bicyclic) bond motifs is 10. The van der Waals surface area contributed by atoms with E-state index in [1.165, 1.54) is 0 Å². The number of hydrogen-bond donors (Lipinski definition) is 0. The van der Waals surface area contributed by atoms with Crippen LogP contribution < -0.4 is 5.63 Å². The second-order valence-corrected chi connectivity index (χ2v) is 10.5. The molecule has 0 aliphatic rings. The predicted molar refractivity (Wildman–Crippen MR) is 169 cm³/mol. The fourth-order valence-corrected chi connectivity index (χ4v) is 6.60. The minimum absolute atomic E-state index is 0.336. The fraction of sp³-hybridized carbons (Fsp3) is 0. The highest BCUT2D eigenvalue weighted by atomic mass is 16.4. The van der Waals surface area contributed by atoms with Gasteiger partial charge in [-0.25, -0.2) is 4.79 Å². The second kappa shape index (κ2) is 8.20. The van der Waals surface area contributed by atoms with Gasteiger partial charge >= 0.3 is 5.63 Å². The molecule has 0 N–H and O–H groups in total. The SMILES string of the molecule is O=c1oc2c(ccc3c4ccccc4n(-c4ccccc4)c32)c2cc3c4ccccc4n(-c4ccccc4)c3cc12. The Hall–Kier alpha value is -5.61. The monoisotopic (exact) mass is 526 g/mol. The molecule has 0 saturated carbocycles. The fourth-order valence-electron chi connectivity index (χ4n) is 6.60. The van der Waals surface area contributed by atoms with E-state index in [4.69, 9.17) is 4.42 Å². The van der Waals surface area contributed by atoms with Crippen LogP contribution >= 0.6 is 0 Å². The third kappa shape index (κ3) is 3.02. The van der Waals surface area contributed by atoms with E-state index in [0.717, 1.165) is 65.8 Å². The largest absolute Gasteiger partial charge is 0.420 e. The van der Waals surface area contributed by atoms with Crippen molar-refractivity contribution in [3.8, 4) is 11.4 Å². The summed E-state index contributed by atoms with van der Waals surface area (Å²) in [5.41, 5.74) is 6.40. The van der Waals surface area contributed by atoms with Gasteiger partial charge in [-0.3, -0.25) is 0 Å². The zero-order valence-electron chi connectivity index (χ0n) is 21.9. The lowest BCUT2D eigenvalue weighted by Gasteiger charge is -2.11. The Morgan fingerprint density at radius 2 is 0.976 bits per heavy atom. The first-order valence-corrected chi connectivity index (χ1v) is 13.7. The minimum Gasteiger partial charge on any atom is -0.420 e. The molecule has 0 aliphatic carbocycles. The average molecular weight is 527 g/mol. The van der Waals surface area contributed by atoms with Crippen molar-refractivity contribution in [2.45, 2.75) is 0 Å². The molecule has 0 fully saturated rings. The van der Waals surface area contributed by atoms with Gasteiger partial charge in [0, 0.05) is 43.7 Å². The van der Waals surface area contributed by atoms with E-state index in [-0.39, 0.29) is 5.63 Å². The van der Waals surface area contributed by atoms with Crippen LogP contribution in [-0.2, 0) is 0 Å². The molecule has 0 spiro atoms. The van der Waals surface area contributed by atoms with Crippen molar-refractivity contribution >= 4 is 65.4 Å². The maximum absolute atomic E-state index is 13.8. The summed E-state index contributed by atoms with van der Waals surface area (Å²) in [6, 6.07) is 45.8. The molecular weight excluding hydrogens is 504 g/mol. The van der Waals surface area contributed by atoms with Gasteiger partial charge in [0.25, 0.3) is 0 Å². The molecule has 0 unspecified atom stereocenters. The van der Waals surface area contributed by atoms with E-state index in [0.29, 0.717) is 11.0 Å². The Morgan fingerprint density at radius 1 is 0.415 bits per heavy atom. The summed E-state index contributed by atoms with van der Waals surface area (Å²) in [5.74, 6) is 0. The smallest absolute Gasteiger partial charge is 0.344 e. The molecule has 3 aromatic heterocycles. The van der Waals surface area contributed by atoms with Gasteiger partial charge < -0.3 is 13.6 Å².